The van der Waals surface area contributed by atoms with E-state index in [9.17, 15) is 14.7 Å². The van der Waals surface area contributed by atoms with Gasteiger partial charge in [-0.25, -0.2) is 0 Å². The summed E-state index contributed by atoms with van der Waals surface area (Å²) in [5.74, 6) is 5.22. The standard InChI is InChI=1S/C22H18N4O3/c1-15(27)13-25-20-17(5-4-16-3-2-10-24-14-16)6-7-19(21(20)28)26-22(29)18-8-11-23-12-9-18/h2-3,6-12,14,25,28H,13H2,1H3,(H,26,29). The largest absolute Gasteiger partial charge is 0.504 e. The van der Waals surface area contributed by atoms with Crippen molar-refractivity contribution in [2.45, 2.75) is 6.92 Å². The summed E-state index contributed by atoms with van der Waals surface area (Å²) in [6.45, 7) is 1.44. The van der Waals surface area contributed by atoms with Crippen LogP contribution in [0, 0.1) is 11.8 Å². The maximum absolute atomic E-state index is 12.4. The van der Waals surface area contributed by atoms with E-state index in [-0.39, 0.29) is 29.5 Å². The number of amides is 1. The summed E-state index contributed by atoms with van der Waals surface area (Å²) in [5.41, 5.74) is 2.06. The molecule has 2 aromatic heterocycles. The van der Waals surface area contributed by atoms with Gasteiger partial charge >= 0.3 is 0 Å². The number of phenols is 1. The lowest BCUT2D eigenvalue weighted by atomic mass is 10.1. The average molecular weight is 386 g/mol. The van der Waals surface area contributed by atoms with E-state index in [2.05, 4.69) is 32.4 Å². The summed E-state index contributed by atoms with van der Waals surface area (Å²) < 4.78 is 0. The molecule has 1 amide bonds. The van der Waals surface area contributed by atoms with Gasteiger partial charge in [-0.15, -0.1) is 0 Å². The first kappa shape index (κ1) is 19.6. The van der Waals surface area contributed by atoms with E-state index >= 15 is 0 Å². The van der Waals surface area contributed by atoms with Crippen LogP contribution in [0.15, 0.2) is 61.2 Å². The van der Waals surface area contributed by atoms with Crippen LogP contribution in [0.5, 0.6) is 5.75 Å². The number of nitrogens with zero attached hydrogens (tertiary/aromatic N) is 2. The SMILES string of the molecule is CC(=O)CNc1c(C#Cc2cccnc2)ccc(NC(=O)c2ccncc2)c1O. The molecule has 7 heteroatoms. The van der Waals surface area contributed by atoms with E-state index in [1.165, 1.54) is 19.3 Å². The van der Waals surface area contributed by atoms with Crippen LogP contribution < -0.4 is 10.6 Å². The molecule has 0 saturated heterocycles. The molecule has 0 bridgehead atoms. The van der Waals surface area contributed by atoms with Crippen LogP contribution in [0.25, 0.3) is 0 Å². The highest BCUT2D eigenvalue weighted by Crippen LogP contribution is 2.35. The molecule has 29 heavy (non-hydrogen) atoms. The molecule has 3 rings (SSSR count). The van der Waals surface area contributed by atoms with E-state index < -0.39 is 5.91 Å². The summed E-state index contributed by atoms with van der Waals surface area (Å²) in [6, 6.07) is 9.93. The molecule has 0 aliphatic heterocycles. The predicted molar refractivity (Wildman–Crippen MR) is 110 cm³/mol. The van der Waals surface area contributed by atoms with Crippen molar-refractivity contribution < 1.29 is 14.7 Å². The summed E-state index contributed by atoms with van der Waals surface area (Å²) in [5, 5.41) is 16.2. The summed E-state index contributed by atoms with van der Waals surface area (Å²) in [7, 11) is 0. The Morgan fingerprint density at radius 2 is 1.83 bits per heavy atom. The Hall–Kier alpha value is -4.18. The van der Waals surface area contributed by atoms with Gasteiger partial charge in [0.25, 0.3) is 5.91 Å². The molecule has 7 nitrogen and oxygen atoms in total. The highest BCUT2D eigenvalue weighted by Gasteiger charge is 2.15. The fourth-order valence-electron chi connectivity index (χ4n) is 2.46. The number of pyridine rings is 2. The zero-order valence-corrected chi connectivity index (χ0v) is 15.6. The second-order valence-corrected chi connectivity index (χ2v) is 6.12. The highest BCUT2D eigenvalue weighted by molar-refractivity contribution is 6.05. The molecular weight excluding hydrogens is 368 g/mol. The predicted octanol–water partition coefficient (Wildman–Crippen LogP) is 2.84. The lowest BCUT2D eigenvalue weighted by Crippen LogP contribution is -2.14. The van der Waals surface area contributed by atoms with E-state index in [1.807, 2.05) is 6.07 Å². The summed E-state index contributed by atoms with van der Waals surface area (Å²) in [4.78, 5) is 31.7. The molecule has 0 saturated carbocycles. The number of phenolic OH excluding ortho intramolecular Hbond substituents is 1. The van der Waals surface area contributed by atoms with Gasteiger partial charge in [-0.1, -0.05) is 11.8 Å². The molecule has 144 valence electrons. The van der Waals surface area contributed by atoms with Gasteiger partial charge in [0.1, 0.15) is 5.78 Å². The minimum atomic E-state index is -0.394. The molecule has 0 aliphatic carbocycles. The van der Waals surface area contributed by atoms with Gasteiger partial charge in [-0.2, -0.15) is 0 Å². The third-order valence-electron chi connectivity index (χ3n) is 3.89. The number of carbonyl (C=O) groups is 2. The topological polar surface area (TPSA) is 104 Å². The van der Waals surface area contributed by atoms with Crippen LogP contribution in [-0.4, -0.2) is 33.3 Å². The highest BCUT2D eigenvalue weighted by atomic mass is 16.3. The molecule has 0 spiro atoms. The lowest BCUT2D eigenvalue weighted by molar-refractivity contribution is -0.115. The first-order valence-corrected chi connectivity index (χ1v) is 8.77. The minimum absolute atomic E-state index is 0.0108. The fraction of sp³-hybridized carbons (Fsp3) is 0.0909. The number of hydrogen-bond donors (Lipinski definition) is 3. The van der Waals surface area contributed by atoms with E-state index in [1.54, 1.807) is 42.7 Å². The first-order chi connectivity index (χ1) is 14.0. The maximum atomic E-state index is 12.4. The Morgan fingerprint density at radius 3 is 2.52 bits per heavy atom. The Balaban J connectivity index is 1.93. The Bertz CT molecular complexity index is 1090. The number of hydrogen-bond acceptors (Lipinski definition) is 6. The van der Waals surface area contributed by atoms with Crippen LogP contribution in [0.1, 0.15) is 28.4 Å². The van der Waals surface area contributed by atoms with Crippen molar-refractivity contribution in [1.29, 1.82) is 0 Å². The van der Waals surface area contributed by atoms with Crippen molar-refractivity contribution in [3.63, 3.8) is 0 Å². The normalized spacial score (nSPS) is 9.83. The third-order valence-corrected chi connectivity index (χ3v) is 3.89. The Labute approximate surface area is 167 Å². The minimum Gasteiger partial charge on any atom is -0.504 e. The van der Waals surface area contributed by atoms with E-state index in [0.29, 0.717) is 16.7 Å². The molecule has 0 atom stereocenters. The van der Waals surface area contributed by atoms with Gasteiger partial charge in [0.15, 0.2) is 5.75 Å². The van der Waals surface area contributed by atoms with Gasteiger partial charge in [-0.3, -0.25) is 19.6 Å². The van der Waals surface area contributed by atoms with Crippen molar-refractivity contribution in [3.8, 4) is 17.6 Å². The number of rotatable bonds is 5. The molecule has 2 heterocycles. The number of benzene rings is 1. The number of aromatic nitrogens is 2. The van der Waals surface area contributed by atoms with Gasteiger partial charge in [0, 0.05) is 35.9 Å². The third kappa shape index (κ3) is 5.17. The van der Waals surface area contributed by atoms with Crippen LogP contribution >= 0.6 is 0 Å². The smallest absolute Gasteiger partial charge is 0.255 e. The molecular formula is C22H18N4O3. The van der Waals surface area contributed by atoms with Gasteiger partial charge in [0.05, 0.1) is 23.5 Å². The van der Waals surface area contributed by atoms with Crippen molar-refractivity contribution in [1.82, 2.24) is 9.97 Å². The van der Waals surface area contributed by atoms with Crippen molar-refractivity contribution in [2.75, 3.05) is 17.2 Å². The summed E-state index contributed by atoms with van der Waals surface area (Å²) in [6.07, 6.45) is 6.29. The number of anilines is 2. The zero-order chi connectivity index (χ0) is 20.6. The molecule has 3 N–H and O–H groups in total. The van der Waals surface area contributed by atoms with Gasteiger partial charge < -0.3 is 15.7 Å². The molecule has 3 aromatic rings. The lowest BCUT2D eigenvalue weighted by Gasteiger charge is -2.14. The van der Waals surface area contributed by atoms with Crippen molar-refractivity contribution in [3.05, 3.63) is 77.9 Å². The average Bonchev–Trinajstić information content (AvgIpc) is 2.74. The van der Waals surface area contributed by atoms with Crippen molar-refractivity contribution >= 4 is 23.1 Å². The van der Waals surface area contributed by atoms with Crippen LogP contribution in [0.2, 0.25) is 0 Å². The molecule has 0 radical (unpaired) electrons. The van der Waals surface area contributed by atoms with Gasteiger partial charge in [0.2, 0.25) is 0 Å². The number of Topliss-reactive ketones (excluding diaryl/α,β-unsaturated/α-hetero) is 1. The molecule has 0 unspecified atom stereocenters. The molecule has 0 fully saturated rings. The second kappa shape index (κ2) is 9.15. The van der Waals surface area contributed by atoms with Crippen LogP contribution in [0.3, 0.4) is 0 Å². The zero-order valence-electron chi connectivity index (χ0n) is 15.6. The monoisotopic (exact) mass is 386 g/mol. The maximum Gasteiger partial charge on any atom is 0.255 e. The van der Waals surface area contributed by atoms with Gasteiger partial charge in [-0.05, 0) is 43.3 Å². The van der Waals surface area contributed by atoms with Crippen LogP contribution in [-0.2, 0) is 4.79 Å². The first-order valence-electron chi connectivity index (χ1n) is 8.77. The van der Waals surface area contributed by atoms with E-state index in [4.69, 9.17) is 0 Å². The van der Waals surface area contributed by atoms with Crippen molar-refractivity contribution in [2.24, 2.45) is 0 Å². The fourth-order valence-corrected chi connectivity index (χ4v) is 2.46. The second-order valence-electron chi connectivity index (χ2n) is 6.12. The van der Waals surface area contributed by atoms with E-state index in [0.717, 1.165) is 0 Å². The number of nitrogens with one attached hydrogen (secondary N) is 2. The number of ketones is 1. The number of aromatic hydroxyl groups is 1. The Morgan fingerprint density at radius 1 is 1.03 bits per heavy atom. The van der Waals surface area contributed by atoms with Crippen LogP contribution in [0.4, 0.5) is 11.4 Å². The summed E-state index contributed by atoms with van der Waals surface area (Å²) >= 11 is 0. The molecule has 1 aromatic carbocycles. The number of carbonyl (C=O) groups excluding carboxylic acids is 2. The Kier molecular flexibility index (Phi) is 6.18. The molecule has 0 aliphatic rings. The quantitative estimate of drug-likeness (QED) is 0.460.